The summed E-state index contributed by atoms with van der Waals surface area (Å²) in [5, 5.41) is 0. The zero-order chi connectivity index (χ0) is 14.7. The standard InChI is InChI=1S/C12H18O6/c1-7(13)11(3,4)9(15)17-18-10(16)12(5,6)8(2)14/h1-6H3. The van der Waals surface area contributed by atoms with Crippen LogP contribution in [0.25, 0.3) is 0 Å². The van der Waals surface area contributed by atoms with Crippen LogP contribution in [0, 0.1) is 10.8 Å². The summed E-state index contributed by atoms with van der Waals surface area (Å²) in [6.45, 7) is 7.84. The van der Waals surface area contributed by atoms with E-state index in [0.29, 0.717) is 0 Å². The highest BCUT2D eigenvalue weighted by Crippen LogP contribution is 2.22. The van der Waals surface area contributed by atoms with E-state index in [1.807, 2.05) is 0 Å². The van der Waals surface area contributed by atoms with E-state index >= 15 is 0 Å². The van der Waals surface area contributed by atoms with Gasteiger partial charge in [0.1, 0.15) is 22.4 Å². The Bertz CT molecular complexity index is 353. The third kappa shape index (κ3) is 3.38. The van der Waals surface area contributed by atoms with Gasteiger partial charge in [-0.1, -0.05) is 0 Å². The number of hydrogen-bond acceptors (Lipinski definition) is 6. The SMILES string of the molecule is CC(=O)C(C)(C)C(=O)OOC(=O)C(C)(C)C(C)=O. The van der Waals surface area contributed by atoms with Gasteiger partial charge in [0.05, 0.1) is 0 Å². The van der Waals surface area contributed by atoms with E-state index in [1.54, 1.807) is 0 Å². The predicted molar refractivity (Wildman–Crippen MR) is 61.1 cm³/mol. The van der Waals surface area contributed by atoms with Gasteiger partial charge in [-0.15, -0.1) is 0 Å². The van der Waals surface area contributed by atoms with Crippen molar-refractivity contribution in [1.82, 2.24) is 0 Å². The minimum absolute atomic E-state index is 0.422. The third-order valence-corrected chi connectivity index (χ3v) is 2.97. The fourth-order valence-electron chi connectivity index (χ4n) is 0.571. The summed E-state index contributed by atoms with van der Waals surface area (Å²) in [6.07, 6.45) is 0. The van der Waals surface area contributed by atoms with E-state index in [1.165, 1.54) is 41.5 Å². The first kappa shape index (κ1) is 16.3. The van der Waals surface area contributed by atoms with Crippen molar-refractivity contribution in [2.75, 3.05) is 0 Å². The maximum Gasteiger partial charge on any atom is 0.368 e. The normalized spacial score (nSPS) is 11.7. The first-order chi connectivity index (χ1) is 7.94. The Morgan fingerprint density at radius 1 is 0.667 bits per heavy atom. The summed E-state index contributed by atoms with van der Waals surface area (Å²) in [7, 11) is 0. The zero-order valence-electron chi connectivity index (χ0n) is 11.4. The molecule has 6 heteroatoms. The number of Topliss-reactive ketones (excluding diaryl/α,β-unsaturated/α-hetero) is 2. The first-order valence-electron chi connectivity index (χ1n) is 5.39. The van der Waals surface area contributed by atoms with E-state index in [9.17, 15) is 19.2 Å². The second-order valence-corrected chi connectivity index (χ2v) is 5.10. The fraction of sp³-hybridized carbons (Fsp3) is 0.667. The van der Waals surface area contributed by atoms with Gasteiger partial charge in [0, 0.05) is 0 Å². The molecule has 0 N–H and O–H groups in total. The Hall–Kier alpha value is -1.72. The lowest BCUT2D eigenvalue weighted by atomic mass is 9.89. The summed E-state index contributed by atoms with van der Waals surface area (Å²) in [4.78, 5) is 53.9. The van der Waals surface area contributed by atoms with Crippen LogP contribution < -0.4 is 0 Å². The Kier molecular flexibility index (Phi) is 4.78. The number of carbonyl (C=O) groups excluding carboxylic acids is 4. The number of ketones is 2. The molecule has 0 aliphatic rings. The highest BCUT2D eigenvalue weighted by molar-refractivity contribution is 6.03. The molecule has 0 aliphatic carbocycles. The van der Waals surface area contributed by atoms with Crippen molar-refractivity contribution >= 4 is 23.5 Å². The third-order valence-electron chi connectivity index (χ3n) is 2.97. The zero-order valence-corrected chi connectivity index (χ0v) is 11.4. The smallest absolute Gasteiger partial charge is 0.299 e. The van der Waals surface area contributed by atoms with E-state index in [-0.39, 0.29) is 0 Å². The van der Waals surface area contributed by atoms with Crippen LogP contribution in [0.3, 0.4) is 0 Å². The molecule has 18 heavy (non-hydrogen) atoms. The Morgan fingerprint density at radius 3 is 1.06 bits per heavy atom. The lowest BCUT2D eigenvalue weighted by Crippen LogP contribution is -2.37. The topological polar surface area (TPSA) is 86.7 Å². The van der Waals surface area contributed by atoms with Gasteiger partial charge in [-0.2, -0.15) is 0 Å². The van der Waals surface area contributed by atoms with Gasteiger partial charge in [-0.25, -0.2) is 19.4 Å². The molecule has 0 radical (unpaired) electrons. The molecular weight excluding hydrogens is 240 g/mol. The molecule has 0 aromatic rings. The van der Waals surface area contributed by atoms with Crippen molar-refractivity contribution in [3.05, 3.63) is 0 Å². The van der Waals surface area contributed by atoms with E-state index in [4.69, 9.17) is 0 Å². The van der Waals surface area contributed by atoms with Gasteiger partial charge in [-0.3, -0.25) is 9.59 Å². The fourth-order valence-corrected chi connectivity index (χ4v) is 0.571. The summed E-state index contributed by atoms with van der Waals surface area (Å²) in [5.74, 6) is -2.81. The van der Waals surface area contributed by atoms with E-state index in [2.05, 4.69) is 9.78 Å². The van der Waals surface area contributed by atoms with Crippen LogP contribution >= 0.6 is 0 Å². The molecule has 0 rings (SSSR count). The van der Waals surface area contributed by atoms with Crippen molar-refractivity contribution in [2.24, 2.45) is 10.8 Å². The van der Waals surface area contributed by atoms with Gasteiger partial charge < -0.3 is 0 Å². The summed E-state index contributed by atoms with van der Waals surface area (Å²) in [6, 6.07) is 0. The van der Waals surface area contributed by atoms with Gasteiger partial charge in [0.25, 0.3) is 0 Å². The van der Waals surface area contributed by atoms with Gasteiger partial charge in [0.15, 0.2) is 0 Å². The molecule has 0 fully saturated rings. The molecule has 0 spiro atoms. The van der Waals surface area contributed by atoms with Crippen LogP contribution in [0.2, 0.25) is 0 Å². The van der Waals surface area contributed by atoms with Crippen LogP contribution in [-0.2, 0) is 29.0 Å². The van der Waals surface area contributed by atoms with Crippen LogP contribution in [-0.4, -0.2) is 23.5 Å². The molecule has 0 saturated carbocycles. The molecule has 6 nitrogen and oxygen atoms in total. The lowest BCUT2D eigenvalue weighted by molar-refractivity contribution is -0.269. The maximum atomic E-state index is 11.5. The second kappa shape index (κ2) is 5.29. The molecule has 0 heterocycles. The summed E-state index contributed by atoms with van der Waals surface area (Å²) in [5.41, 5.74) is -2.80. The van der Waals surface area contributed by atoms with E-state index < -0.39 is 34.3 Å². The molecule has 0 atom stereocenters. The molecule has 0 aromatic heterocycles. The lowest BCUT2D eigenvalue weighted by Gasteiger charge is -2.20. The molecule has 0 saturated heterocycles. The van der Waals surface area contributed by atoms with Crippen LogP contribution in [0.15, 0.2) is 0 Å². The Morgan fingerprint density at radius 2 is 0.889 bits per heavy atom. The van der Waals surface area contributed by atoms with Gasteiger partial charge >= 0.3 is 11.9 Å². The summed E-state index contributed by atoms with van der Waals surface area (Å²) < 4.78 is 0. The highest BCUT2D eigenvalue weighted by Gasteiger charge is 2.40. The number of rotatable bonds is 4. The van der Waals surface area contributed by atoms with Crippen LogP contribution in [0.4, 0.5) is 0 Å². The minimum atomic E-state index is -1.40. The Balaban J connectivity index is 4.63. The largest absolute Gasteiger partial charge is 0.368 e. The number of hydrogen-bond donors (Lipinski definition) is 0. The summed E-state index contributed by atoms with van der Waals surface area (Å²) >= 11 is 0. The van der Waals surface area contributed by atoms with Crippen molar-refractivity contribution in [2.45, 2.75) is 41.5 Å². The minimum Gasteiger partial charge on any atom is -0.299 e. The Labute approximate surface area is 106 Å². The average Bonchev–Trinajstić information content (AvgIpc) is 2.24. The predicted octanol–water partition coefficient (Wildman–Crippen LogP) is 1.22. The first-order valence-corrected chi connectivity index (χ1v) is 5.39. The van der Waals surface area contributed by atoms with Crippen molar-refractivity contribution < 1.29 is 29.0 Å². The highest BCUT2D eigenvalue weighted by atomic mass is 17.2. The maximum absolute atomic E-state index is 11.5. The molecule has 102 valence electrons. The number of carbonyl (C=O) groups is 4. The van der Waals surface area contributed by atoms with Crippen LogP contribution in [0.1, 0.15) is 41.5 Å². The van der Waals surface area contributed by atoms with Crippen molar-refractivity contribution in [3.8, 4) is 0 Å². The molecular formula is C12H18O6. The average molecular weight is 258 g/mol. The molecule has 0 amide bonds. The molecule has 0 bridgehead atoms. The van der Waals surface area contributed by atoms with E-state index in [0.717, 1.165) is 0 Å². The van der Waals surface area contributed by atoms with Crippen molar-refractivity contribution in [3.63, 3.8) is 0 Å². The second-order valence-electron chi connectivity index (χ2n) is 5.10. The van der Waals surface area contributed by atoms with Crippen LogP contribution in [0.5, 0.6) is 0 Å². The van der Waals surface area contributed by atoms with Gasteiger partial charge in [-0.05, 0) is 41.5 Å². The monoisotopic (exact) mass is 258 g/mol. The molecule has 0 aromatic carbocycles. The quantitative estimate of drug-likeness (QED) is 0.428. The van der Waals surface area contributed by atoms with Crippen molar-refractivity contribution in [1.29, 1.82) is 0 Å². The molecule has 0 aliphatic heterocycles. The molecule has 0 unspecified atom stereocenters. The van der Waals surface area contributed by atoms with Gasteiger partial charge in [0.2, 0.25) is 0 Å².